The summed E-state index contributed by atoms with van der Waals surface area (Å²) in [6, 6.07) is 31.7. The molecule has 30 nitrogen and oxygen atoms in total. The minimum absolute atomic E-state index is 0.0180. The molecule has 86 heavy (non-hydrogen) atoms. The Bertz CT molecular complexity index is 4440. The summed E-state index contributed by atoms with van der Waals surface area (Å²) >= 11 is 0. The molecule has 0 aliphatic rings. The third-order valence-corrected chi connectivity index (χ3v) is 16.9. The lowest BCUT2D eigenvalue weighted by Crippen LogP contribution is -2.14. The minimum atomic E-state index is -5.04. The highest BCUT2D eigenvalue weighted by molar-refractivity contribution is 7.93. The predicted octanol–water partition coefficient (Wildman–Crippen LogP) is 11.3. The van der Waals surface area contributed by atoms with E-state index in [9.17, 15) is 53.0 Å². The molecule has 0 spiro atoms. The van der Waals surface area contributed by atoms with E-state index in [1.54, 1.807) is 13.8 Å². The van der Waals surface area contributed by atoms with Crippen molar-refractivity contribution in [2.24, 2.45) is 52.7 Å². The fraction of sp³-hybridized carbons (Fsp3) is 0.0385. The molecule has 0 heterocycles. The molecule has 9 rings (SSSR count). The molecule has 0 saturated heterocycles. The maximum absolute atomic E-state index is 13.4. The van der Waals surface area contributed by atoms with Crippen molar-refractivity contribution in [1.29, 1.82) is 0 Å². The quantitative estimate of drug-likeness (QED) is 0.0111. The summed E-state index contributed by atoms with van der Waals surface area (Å²) in [7, 11) is -18.7. The Hall–Kier alpha value is -10.1. The van der Waals surface area contributed by atoms with E-state index in [-0.39, 0.29) is 88.3 Å². The van der Waals surface area contributed by atoms with Crippen molar-refractivity contribution >= 4 is 130 Å². The van der Waals surface area contributed by atoms with Gasteiger partial charge in [-0.15, -0.1) is 20.5 Å². The van der Waals surface area contributed by atoms with E-state index in [0.717, 1.165) is 36.4 Å². The number of fused-ring (bicyclic) bond motifs is 2. The van der Waals surface area contributed by atoms with Gasteiger partial charge in [0.25, 0.3) is 40.3 Å². The van der Waals surface area contributed by atoms with Crippen LogP contribution in [0.15, 0.2) is 206 Å². The molecule has 0 aromatic heterocycles. The van der Waals surface area contributed by atoms with Gasteiger partial charge in [-0.3, -0.25) is 18.5 Å². The van der Waals surface area contributed by atoms with Crippen LogP contribution < -0.4 is 42.5 Å². The van der Waals surface area contributed by atoms with Gasteiger partial charge in [0.2, 0.25) is 0 Å². The van der Waals surface area contributed by atoms with Gasteiger partial charge in [0.15, 0.2) is 23.0 Å². The number of nitrogens with one attached hydrogen (secondary N) is 2. The number of aryl methyl sites for hydroxylation is 2. The molecule has 0 atom stereocenters. The van der Waals surface area contributed by atoms with Crippen LogP contribution in [0.5, 0.6) is 23.0 Å². The van der Waals surface area contributed by atoms with Crippen molar-refractivity contribution in [1.82, 2.24) is 0 Å². The molecule has 0 fully saturated rings. The Labute approximate surface area is 487 Å². The van der Waals surface area contributed by atoms with Crippen LogP contribution in [-0.4, -0.2) is 53.0 Å². The van der Waals surface area contributed by atoms with Gasteiger partial charge in [-0.25, -0.2) is 16.8 Å². The van der Waals surface area contributed by atoms with Crippen LogP contribution in [0.2, 0.25) is 0 Å². The maximum Gasteiger partial charge on any atom is 0.296 e. The number of phenolic OH excluding ortho intramolecular Hbond substituents is 2. The fourth-order valence-corrected chi connectivity index (χ4v) is 11.7. The molecule has 0 unspecified atom stereocenters. The van der Waals surface area contributed by atoms with Gasteiger partial charge in [0.05, 0.1) is 54.7 Å². The summed E-state index contributed by atoms with van der Waals surface area (Å²) in [4.78, 5) is 15.5. The second kappa shape index (κ2) is 24.2. The Morgan fingerprint density at radius 2 is 0.698 bits per heavy atom. The maximum atomic E-state index is 13.4. The van der Waals surface area contributed by atoms with Crippen LogP contribution in [0.25, 0.3) is 21.5 Å². The fourth-order valence-electron chi connectivity index (χ4n) is 8.31. The largest absolute Gasteiger partial charge is 0.505 e. The molecule has 0 aliphatic heterocycles. The van der Waals surface area contributed by atoms with Gasteiger partial charge in [0, 0.05) is 11.4 Å². The first-order valence-corrected chi connectivity index (χ1v) is 30.0. The number of nitrogens with two attached hydrogens (primary N) is 4. The van der Waals surface area contributed by atoms with E-state index in [0.29, 0.717) is 22.5 Å². The second-order valence-electron chi connectivity index (χ2n) is 18.1. The van der Waals surface area contributed by atoms with Crippen LogP contribution in [-0.2, 0) is 50.3 Å². The lowest BCUT2D eigenvalue weighted by atomic mass is 10.0. The number of hydrogen-bond acceptors (Lipinski definition) is 26. The summed E-state index contributed by atoms with van der Waals surface area (Å²) in [6.07, 6.45) is 0. The van der Waals surface area contributed by atoms with Crippen molar-refractivity contribution in [3.63, 3.8) is 0 Å². The number of rotatable bonds is 20. The molecule has 0 saturated carbocycles. The topological polar surface area (TPSA) is 481 Å². The summed E-state index contributed by atoms with van der Waals surface area (Å²) < 4.78 is 129. The number of nitrogen functional groups attached to an aromatic ring is 2. The van der Waals surface area contributed by atoms with E-state index in [1.807, 2.05) is 0 Å². The summed E-state index contributed by atoms with van der Waals surface area (Å²) in [5.41, 5.74) is 13.0. The van der Waals surface area contributed by atoms with Crippen molar-refractivity contribution < 1.29 is 72.7 Å². The summed E-state index contributed by atoms with van der Waals surface area (Å²) in [5.74, 6) is 8.82. The molecule has 0 radical (unpaired) electrons. The van der Waals surface area contributed by atoms with Gasteiger partial charge in [-0.05, 0) is 181 Å². The van der Waals surface area contributed by atoms with Gasteiger partial charge in [0.1, 0.15) is 32.5 Å². The first-order chi connectivity index (χ1) is 40.7. The highest BCUT2D eigenvalue weighted by atomic mass is 32.2. The lowest BCUT2D eigenvalue weighted by molar-refractivity contribution is -0.211. The van der Waals surface area contributed by atoms with Gasteiger partial charge >= 0.3 is 0 Å². The van der Waals surface area contributed by atoms with Crippen LogP contribution in [0.4, 0.5) is 68.2 Å². The molecule has 0 bridgehead atoms. The van der Waals surface area contributed by atoms with Gasteiger partial charge in [-0.2, -0.15) is 49.1 Å². The molecular weight excluding hydrogens is 1200 g/mol. The van der Waals surface area contributed by atoms with Crippen molar-refractivity contribution in [3.05, 3.63) is 157 Å². The number of nitrogens with zero attached hydrogens (tertiary/aromatic N) is 8. The number of hydrogen-bond donors (Lipinski definition) is 10. The van der Waals surface area contributed by atoms with E-state index >= 15 is 0 Å². The lowest BCUT2D eigenvalue weighted by Gasteiger charge is -2.13. The molecule has 34 heteroatoms. The molecule has 442 valence electrons. The highest BCUT2D eigenvalue weighted by Crippen LogP contribution is 2.49. The standard InChI is InChI=1S/C52H44N14O16S4/c1-27-23-29-25-41(85(73,74)75)49(51(67)43(29)45(53)47(27)61-57-31-7-15-37(16-8-31)79-81-55)63-59-33-11-19-39(20-12-33)83(69,70)65-35-3-5-36(6-4-35)66-84(71,72)40-21-13-34(14-22-40)60-64-50-42(86(76,77)78)26-30-24-28(2)48(46(54)44(30)52(50)68)62-58-32-9-17-38(18-10-32)80-82-56/h3-26,65-68H,53-56H2,1-2H3,(H,73,74,75)(H,76,77,78). The smallest absolute Gasteiger partial charge is 0.296 e. The van der Waals surface area contributed by atoms with Crippen LogP contribution in [0.3, 0.4) is 0 Å². The van der Waals surface area contributed by atoms with Crippen molar-refractivity contribution in [2.75, 3.05) is 20.9 Å². The van der Waals surface area contributed by atoms with Crippen molar-refractivity contribution in [2.45, 2.75) is 33.4 Å². The van der Waals surface area contributed by atoms with Crippen LogP contribution in [0.1, 0.15) is 11.1 Å². The zero-order chi connectivity index (χ0) is 61.9. The second-order valence-corrected chi connectivity index (χ2v) is 24.3. The zero-order valence-corrected chi connectivity index (χ0v) is 47.3. The molecule has 9 aromatic rings. The molecular formula is C52H44N14O16S4. The number of benzene rings is 9. The Morgan fingerprint density at radius 1 is 0.407 bits per heavy atom. The summed E-state index contributed by atoms with van der Waals surface area (Å²) in [6.45, 7) is 3.22. The van der Waals surface area contributed by atoms with E-state index in [1.165, 1.54) is 109 Å². The zero-order valence-electron chi connectivity index (χ0n) is 44.1. The predicted molar refractivity (Wildman–Crippen MR) is 311 cm³/mol. The Balaban J connectivity index is 0.871. The van der Waals surface area contributed by atoms with Crippen molar-refractivity contribution in [3.8, 4) is 23.0 Å². The molecule has 9 aromatic carbocycles. The molecule has 0 aliphatic carbocycles. The normalized spacial score (nSPS) is 12.5. The highest BCUT2D eigenvalue weighted by Gasteiger charge is 2.27. The number of azo groups is 4. The van der Waals surface area contributed by atoms with Crippen LogP contribution in [0, 0.1) is 13.8 Å². The molecule has 0 amide bonds. The SMILES string of the molecule is Cc1cc2cc(S(=O)(=O)O)c(N=Nc3ccc(S(=O)(=O)Nc4ccc(NS(=O)(=O)c5ccc(N=Nc6c(S(=O)(=O)O)cc7cc(C)c(N=Nc8ccc(OON)cc8)c(N)c7c6O)cc5)cc4)cc3)c(O)c2c(N)c1N=Nc1ccc(OON)cc1. The Morgan fingerprint density at radius 3 is 0.988 bits per heavy atom. The summed E-state index contributed by atoms with van der Waals surface area (Å²) in [5, 5.41) is 55.4. The Kier molecular flexibility index (Phi) is 17.0. The van der Waals surface area contributed by atoms with Gasteiger partial charge in [-0.1, -0.05) is 9.98 Å². The monoisotopic (exact) mass is 1250 g/mol. The van der Waals surface area contributed by atoms with Gasteiger partial charge < -0.3 is 31.5 Å². The number of aromatic hydroxyl groups is 2. The third kappa shape index (κ3) is 13.3. The number of sulfonamides is 2. The van der Waals surface area contributed by atoms with E-state index in [2.05, 4.69) is 60.3 Å². The number of anilines is 4. The number of phenols is 2. The first kappa shape index (κ1) is 60.5. The van der Waals surface area contributed by atoms with E-state index < -0.39 is 72.9 Å². The van der Waals surface area contributed by atoms with Crippen LogP contribution >= 0.6 is 0 Å². The average molecular weight is 1250 g/mol. The first-order valence-electron chi connectivity index (χ1n) is 24.2. The minimum Gasteiger partial charge on any atom is -0.505 e. The average Bonchev–Trinajstić information content (AvgIpc) is 0.818. The third-order valence-electron chi connectivity index (χ3n) is 12.3. The molecule has 14 N–H and O–H groups in total. The van der Waals surface area contributed by atoms with E-state index in [4.69, 9.17) is 33.0 Å².